The summed E-state index contributed by atoms with van der Waals surface area (Å²) in [4.78, 5) is 39.8. The van der Waals surface area contributed by atoms with Gasteiger partial charge in [0.15, 0.2) is 0 Å². The Bertz CT molecular complexity index is 2370. The van der Waals surface area contributed by atoms with Crippen LogP contribution in [0.2, 0.25) is 0 Å². The second-order valence-corrected chi connectivity index (χ2v) is 23.9. The van der Waals surface area contributed by atoms with E-state index in [0.29, 0.717) is 30.5 Å². The van der Waals surface area contributed by atoms with Crippen LogP contribution < -0.4 is 39.0 Å². The van der Waals surface area contributed by atoms with Gasteiger partial charge in [0.05, 0.1) is 28.5 Å². The third kappa shape index (κ3) is 19.4. The number of aromatic hydroxyl groups is 1. The van der Waals surface area contributed by atoms with Crippen LogP contribution in [0.5, 0.6) is 17.2 Å². The van der Waals surface area contributed by atoms with Crippen molar-refractivity contribution < 1.29 is 85.7 Å². The molecule has 0 unspecified atom stereocenters. The Morgan fingerprint density at radius 3 is 1.27 bits per heavy atom. The first-order valence-corrected chi connectivity index (χ1v) is 30.0. The van der Waals surface area contributed by atoms with Gasteiger partial charge in [0.25, 0.3) is 0 Å². The Hall–Kier alpha value is -3.31. The third-order valence-electron chi connectivity index (χ3n) is 16.6. The summed E-state index contributed by atoms with van der Waals surface area (Å²) in [7, 11) is -5.40. The van der Waals surface area contributed by atoms with E-state index in [1.807, 2.05) is 36.4 Å². The Labute approximate surface area is 482 Å². The number of Topliss-reactive ketones (excluding diaryl/α,β-unsaturated/α-hetero) is 3. The first kappa shape index (κ1) is 64.5. The second-order valence-electron chi connectivity index (χ2n) is 22.3. The number of carbonyl (C=O) groups is 3. The van der Waals surface area contributed by atoms with Crippen molar-refractivity contribution in [1.82, 2.24) is 9.80 Å². The van der Waals surface area contributed by atoms with Crippen LogP contribution in [0.4, 0.5) is 13.2 Å². The van der Waals surface area contributed by atoms with E-state index in [1.165, 1.54) is 110 Å². The van der Waals surface area contributed by atoms with Crippen molar-refractivity contribution in [3.63, 3.8) is 0 Å². The van der Waals surface area contributed by atoms with Gasteiger partial charge in [-0.1, -0.05) is 81.8 Å². The normalized spacial score (nSPS) is 20.7. The number of piperidine rings is 2. The van der Waals surface area contributed by atoms with Gasteiger partial charge in [-0.3, -0.25) is 23.5 Å². The van der Waals surface area contributed by atoms with E-state index in [2.05, 4.69) is 45.2 Å². The number of carbonyl (C=O) groups excluding carboxylic acids is 3. The van der Waals surface area contributed by atoms with Crippen molar-refractivity contribution in [2.45, 2.75) is 209 Å². The predicted octanol–water partition coefficient (Wildman–Crippen LogP) is 10.4. The van der Waals surface area contributed by atoms with Crippen LogP contribution in [0.3, 0.4) is 0 Å². The molecule has 7 fully saturated rings. The van der Waals surface area contributed by atoms with Gasteiger partial charge in [0, 0.05) is 6.54 Å². The molecule has 0 radical (unpaired) electrons. The van der Waals surface area contributed by atoms with Gasteiger partial charge in [0.2, 0.25) is 0 Å². The number of phenolic OH excluding ortho intramolecular Hbond substituents is 1. The van der Waals surface area contributed by atoms with Crippen LogP contribution in [0, 0.1) is 0 Å². The molecule has 3 aromatic carbocycles. The molecule has 0 atom stereocenters. The molecule has 2 heterocycles. The summed E-state index contributed by atoms with van der Waals surface area (Å²) in [6.45, 7) is 15.5. The van der Waals surface area contributed by atoms with E-state index in [4.69, 9.17) is 14.6 Å². The summed E-state index contributed by atoms with van der Waals surface area (Å²) in [5.41, 5.74) is -2.50. The maximum absolute atomic E-state index is 11.9. The molecule has 0 aromatic heterocycles. The minimum absolute atomic E-state index is 0. The fourth-order valence-electron chi connectivity index (χ4n) is 11.2. The summed E-state index contributed by atoms with van der Waals surface area (Å²) in [6.07, 6.45) is 24.6. The van der Waals surface area contributed by atoms with Crippen LogP contribution in [0.15, 0.2) is 72.8 Å². The van der Waals surface area contributed by atoms with Gasteiger partial charge >= 0.3 is 45.2 Å². The van der Waals surface area contributed by atoms with Crippen molar-refractivity contribution in [3.05, 3.63) is 89.5 Å². The smallest absolute Gasteiger partial charge is 1.00 e. The summed E-state index contributed by atoms with van der Waals surface area (Å²) < 4.78 is 72.7. The second kappa shape index (κ2) is 30.5. The summed E-state index contributed by atoms with van der Waals surface area (Å²) in [6, 6.07) is 23.3. The van der Waals surface area contributed by atoms with Gasteiger partial charge in [-0.05, 0) is 216 Å². The van der Waals surface area contributed by atoms with Gasteiger partial charge < -0.3 is 20.9 Å². The van der Waals surface area contributed by atoms with Crippen LogP contribution in [-0.4, -0.2) is 104 Å². The molecular weight excluding hydrogens is 1020 g/mol. The number of alkyl halides is 3. The number of rotatable bonds is 16. The molecule has 5 aliphatic carbocycles. The largest absolute Gasteiger partial charge is 1.00 e. The van der Waals surface area contributed by atoms with E-state index in [0.717, 1.165) is 99.1 Å². The van der Waals surface area contributed by atoms with Crippen molar-refractivity contribution in [2.75, 3.05) is 45.9 Å². The Balaban J connectivity index is 0.000000214. The number of likely N-dealkylation sites (tertiary alicyclic amines) is 2. The maximum Gasteiger partial charge on any atom is 1.00 e. The Morgan fingerprint density at radius 1 is 0.558 bits per heavy atom. The summed E-state index contributed by atoms with van der Waals surface area (Å²) >= 11 is 0. The average Bonchev–Trinajstić information content (AvgIpc) is 4.36. The molecule has 0 bridgehead atoms. The van der Waals surface area contributed by atoms with Gasteiger partial charge in [-0.2, -0.15) is 21.6 Å². The molecule has 11 nitrogen and oxygen atoms in total. The number of nitrogens with zero attached hydrogens (tertiary/aromatic N) is 2. The topological polar surface area (TPSA) is 140 Å². The van der Waals surface area contributed by atoms with E-state index >= 15 is 0 Å². The standard InChI is InChI=1S/C18H25NO2.C17H22O2.C11H12O2.C8H17N.C7H11F3O3S.Na.H/c1-15(20)18(9-10-18)16-5-7-17(8-6-16)21-14-13-19-11-3-2-4-12-19;1-13(18)17(11-12-17)14-7-9-16(10-8-14)19-15-5-3-2-4-6-15;1-8(12)11(6-7-11)9-2-4-10(13)5-3-9;1-2-6-9-7-4-3-5-8-9;8-7(9,10)14(11,12)13-6-4-2-1-3-5-6;;/h5-8H,2-4,9-14H2,1H3;7-10,15H,2-6,11-12H2,1H3;2-5,13H,6-7H2,1H3;2-8H2,1H3;6H,1-5H2;;/q;;;;;+1;-1. The molecule has 1 N–H and O–H groups in total. The first-order chi connectivity index (χ1) is 36.3. The van der Waals surface area contributed by atoms with E-state index in [1.54, 1.807) is 32.9 Å². The van der Waals surface area contributed by atoms with Crippen molar-refractivity contribution in [2.24, 2.45) is 0 Å². The van der Waals surface area contributed by atoms with Gasteiger partial charge in [-0.25, -0.2) is 0 Å². The number of phenols is 1. The number of hydrogen-bond donors (Lipinski definition) is 1. The number of hydrogen-bond acceptors (Lipinski definition) is 11. The van der Waals surface area contributed by atoms with Crippen molar-refractivity contribution in [3.8, 4) is 17.2 Å². The Kier molecular flexibility index (Phi) is 25.5. The fraction of sp³-hybridized carbons (Fsp3) is 0.656. The van der Waals surface area contributed by atoms with Gasteiger partial charge in [0.1, 0.15) is 41.2 Å². The molecule has 424 valence electrons. The van der Waals surface area contributed by atoms with Crippen LogP contribution >= 0.6 is 0 Å². The number of ether oxygens (including phenoxy) is 2. The molecule has 2 aliphatic heterocycles. The Morgan fingerprint density at radius 2 is 0.909 bits per heavy atom. The maximum atomic E-state index is 11.9. The molecule has 2 saturated heterocycles. The molecule has 16 heteroatoms. The quantitative estimate of drug-likeness (QED) is 0.0833. The SMILES string of the molecule is CC(=O)C1(c2ccc(O)cc2)CC1.CC(=O)C1(c2ccc(OC3CCCCC3)cc2)CC1.CC(=O)C1(c2ccc(OCCN3CCCCC3)cc2)CC1.CCCN1CCCCC1.O=S(=O)(OC1CCCCC1)C(F)(F)F.[H-].[Na+]. The van der Waals surface area contributed by atoms with Crippen LogP contribution in [0.25, 0.3) is 0 Å². The zero-order valence-corrected chi connectivity index (χ0v) is 49.8. The molecule has 10 rings (SSSR count). The molecule has 5 saturated carbocycles. The first-order valence-electron chi connectivity index (χ1n) is 28.6. The average molecular weight is 1110 g/mol. The van der Waals surface area contributed by atoms with E-state index in [9.17, 15) is 36.0 Å². The molecule has 0 amide bonds. The molecule has 77 heavy (non-hydrogen) atoms. The predicted molar refractivity (Wildman–Crippen MR) is 294 cm³/mol. The number of benzene rings is 3. The zero-order chi connectivity index (χ0) is 54.8. The summed E-state index contributed by atoms with van der Waals surface area (Å²) in [5.74, 6) is 2.95. The van der Waals surface area contributed by atoms with Gasteiger partial charge in [-0.15, -0.1) is 0 Å². The van der Waals surface area contributed by atoms with E-state index < -0.39 is 21.7 Å². The number of ketones is 3. The minimum Gasteiger partial charge on any atom is -1.00 e. The van der Waals surface area contributed by atoms with Crippen LogP contribution in [0.1, 0.15) is 193 Å². The minimum atomic E-state index is -5.40. The van der Waals surface area contributed by atoms with Crippen molar-refractivity contribution in [1.29, 1.82) is 0 Å². The molecule has 0 spiro atoms. The third-order valence-corrected chi connectivity index (χ3v) is 17.7. The van der Waals surface area contributed by atoms with E-state index in [-0.39, 0.29) is 58.8 Å². The molecule has 3 aromatic rings. The number of halogens is 3. The summed E-state index contributed by atoms with van der Waals surface area (Å²) in [5, 5.41) is 9.10. The van der Waals surface area contributed by atoms with Crippen molar-refractivity contribution >= 4 is 27.5 Å². The molecular formula is C61H88F3N2NaO9S. The van der Waals surface area contributed by atoms with Crippen LogP contribution in [-0.2, 0) is 44.9 Å². The fourth-order valence-corrected chi connectivity index (χ4v) is 11.8. The molecule has 7 aliphatic rings. The zero-order valence-electron chi connectivity index (χ0n) is 47.9. The monoisotopic (exact) mass is 1100 g/mol.